The fourth-order valence-corrected chi connectivity index (χ4v) is 1.69. The van der Waals surface area contributed by atoms with Gasteiger partial charge in [0.05, 0.1) is 6.61 Å². The molecule has 0 bridgehead atoms. The summed E-state index contributed by atoms with van der Waals surface area (Å²) in [6.45, 7) is 6.66. The van der Waals surface area contributed by atoms with Gasteiger partial charge in [-0.25, -0.2) is 9.97 Å². The molecule has 0 aromatic carbocycles. The highest BCUT2D eigenvalue weighted by Gasteiger charge is 2.13. The summed E-state index contributed by atoms with van der Waals surface area (Å²) in [6, 6.07) is 1.36. The fourth-order valence-electron chi connectivity index (χ4n) is 1.69. The predicted molar refractivity (Wildman–Crippen MR) is 73.8 cm³/mol. The van der Waals surface area contributed by atoms with E-state index < -0.39 is 6.04 Å². The van der Waals surface area contributed by atoms with Crippen molar-refractivity contribution in [3.8, 4) is 0 Å². The lowest BCUT2D eigenvalue weighted by molar-refractivity contribution is -0.144. The maximum atomic E-state index is 11.3. The topological polar surface area (TPSA) is 90.1 Å². The second-order valence-corrected chi connectivity index (χ2v) is 4.40. The van der Waals surface area contributed by atoms with E-state index in [0.717, 1.165) is 17.8 Å². The predicted octanol–water partition coefficient (Wildman–Crippen LogP) is 1.18. The molecule has 1 heterocycles. The van der Waals surface area contributed by atoms with Crippen LogP contribution in [0.2, 0.25) is 0 Å². The molecule has 0 fully saturated rings. The molecular formula is C13H22N4O2. The van der Waals surface area contributed by atoms with Gasteiger partial charge in [-0.15, -0.1) is 0 Å². The second kappa shape index (κ2) is 7.68. The Bertz CT molecular complexity index is 403. The molecule has 0 aliphatic carbocycles. The van der Waals surface area contributed by atoms with E-state index in [0.29, 0.717) is 25.5 Å². The molecule has 6 nitrogen and oxygen atoms in total. The average Bonchev–Trinajstić information content (AvgIpc) is 2.33. The van der Waals surface area contributed by atoms with Crippen LogP contribution < -0.4 is 11.1 Å². The van der Waals surface area contributed by atoms with E-state index in [4.69, 9.17) is 10.5 Å². The minimum absolute atomic E-state index is 0.342. The Morgan fingerprint density at radius 3 is 2.63 bits per heavy atom. The summed E-state index contributed by atoms with van der Waals surface area (Å²) in [7, 11) is 0. The lowest BCUT2D eigenvalue weighted by Gasteiger charge is -2.11. The van der Waals surface area contributed by atoms with Gasteiger partial charge >= 0.3 is 5.97 Å². The SMILES string of the molecule is CCOC(=O)C(N)CCCNc1nc(C)cc(C)n1. The number of aromatic nitrogens is 2. The van der Waals surface area contributed by atoms with Gasteiger partial charge in [-0.3, -0.25) is 4.79 Å². The van der Waals surface area contributed by atoms with E-state index in [1.165, 1.54) is 0 Å². The number of aryl methyl sites for hydroxylation is 2. The number of carbonyl (C=O) groups excluding carboxylic acids is 1. The number of hydrogen-bond donors (Lipinski definition) is 2. The van der Waals surface area contributed by atoms with Crippen molar-refractivity contribution in [2.45, 2.75) is 39.7 Å². The number of rotatable bonds is 7. The smallest absolute Gasteiger partial charge is 0.322 e. The van der Waals surface area contributed by atoms with Crippen molar-refractivity contribution in [1.29, 1.82) is 0 Å². The third-order valence-corrected chi connectivity index (χ3v) is 2.55. The number of nitrogens with two attached hydrogens (primary N) is 1. The summed E-state index contributed by atoms with van der Waals surface area (Å²) >= 11 is 0. The van der Waals surface area contributed by atoms with Gasteiger partial charge in [0, 0.05) is 17.9 Å². The highest BCUT2D eigenvalue weighted by atomic mass is 16.5. The molecular weight excluding hydrogens is 244 g/mol. The van der Waals surface area contributed by atoms with Crippen LogP contribution in [0, 0.1) is 13.8 Å². The minimum Gasteiger partial charge on any atom is -0.465 e. The van der Waals surface area contributed by atoms with Crippen LogP contribution >= 0.6 is 0 Å². The van der Waals surface area contributed by atoms with Crippen molar-refractivity contribution in [3.63, 3.8) is 0 Å². The molecule has 1 aromatic heterocycles. The molecule has 0 spiro atoms. The molecule has 0 amide bonds. The molecule has 0 saturated heterocycles. The fraction of sp³-hybridized carbons (Fsp3) is 0.615. The summed E-state index contributed by atoms with van der Waals surface area (Å²) in [6.07, 6.45) is 1.34. The largest absolute Gasteiger partial charge is 0.465 e. The number of carbonyl (C=O) groups is 1. The lowest BCUT2D eigenvalue weighted by atomic mass is 10.2. The average molecular weight is 266 g/mol. The van der Waals surface area contributed by atoms with E-state index in [9.17, 15) is 4.79 Å². The Morgan fingerprint density at radius 2 is 2.05 bits per heavy atom. The number of anilines is 1. The first kappa shape index (κ1) is 15.4. The molecule has 0 radical (unpaired) electrons. The van der Waals surface area contributed by atoms with Crippen LogP contribution in [0.4, 0.5) is 5.95 Å². The third kappa shape index (κ3) is 5.65. The normalized spacial score (nSPS) is 12.0. The molecule has 0 aliphatic rings. The first-order valence-electron chi connectivity index (χ1n) is 6.51. The quantitative estimate of drug-likeness (QED) is 0.569. The molecule has 106 valence electrons. The van der Waals surface area contributed by atoms with Crippen LogP contribution in [0.15, 0.2) is 6.07 Å². The van der Waals surface area contributed by atoms with Gasteiger partial charge < -0.3 is 15.8 Å². The third-order valence-electron chi connectivity index (χ3n) is 2.55. The van der Waals surface area contributed by atoms with Crippen molar-refractivity contribution >= 4 is 11.9 Å². The minimum atomic E-state index is -0.554. The molecule has 19 heavy (non-hydrogen) atoms. The zero-order chi connectivity index (χ0) is 14.3. The number of esters is 1. The van der Waals surface area contributed by atoms with Gasteiger partial charge in [-0.1, -0.05) is 0 Å². The van der Waals surface area contributed by atoms with Gasteiger partial charge in [0.25, 0.3) is 0 Å². The summed E-state index contributed by atoms with van der Waals surface area (Å²) < 4.78 is 4.84. The van der Waals surface area contributed by atoms with Crippen LogP contribution in [-0.2, 0) is 9.53 Å². The highest BCUT2D eigenvalue weighted by Crippen LogP contribution is 2.04. The van der Waals surface area contributed by atoms with E-state index in [-0.39, 0.29) is 5.97 Å². The van der Waals surface area contributed by atoms with Gasteiger partial charge in [0.2, 0.25) is 5.95 Å². The molecule has 1 atom stereocenters. The molecule has 1 rings (SSSR count). The first-order valence-corrected chi connectivity index (χ1v) is 6.51. The Morgan fingerprint density at radius 1 is 1.42 bits per heavy atom. The zero-order valence-corrected chi connectivity index (χ0v) is 11.8. The van der Waals surface area contributed by atoms with Crippen molar-refractivity contribution in [1.82, 2.24) is 9.97 Å². The van der Waals surface area contributed by atoms with Crippen LogP contribution in [0.3, 0.4) is 0 Å². The van der Waals surface area contributed by atoms with Crippen LogP contribution in [-0.4, -0.2) is 35.1 Å². The highest BCUT2D eigenvalue weighted by molar-refractivity contribution is 5.75. The Hall–Kier alpha value is -1.69. The van der Waals surface area contributed by atoms with E-state index in [2.05, 4.69) is 15.3 Å². The second-order valence-electron chi connectivity index (χ2n) is 4.40. The van der Waals surface area contributed by atoms with Crippen LogP contribution in [0.1, 0.15) is 31.2 Å². The molecule has 6 heteroatoms. The molecule has 1 aromatic rings. The van der Waals surface area contributed by atoms with Crippen LogP contribution in [0.25, 0.3) is 0 Å². The maximum Gasteiger partial charge on any atom is 0.322 e. The summed E-state index contributed by atoms with van der Waals surface area (Å²) in [4.78, 5) is 19.8. The molecule has 0 aliphatic heterocycles. The summed E-state index contributed by atoms with van der Waals surface area (Å²) in [5.41, 5.74) is 7.56. The summed E-state index contributed by atoms with van der Waals surface area (Å²) in [5.74, 6) is 0.271. The Kier molecular flexibility index (Phi) is 6.21. The monoisotopic (exact) mass is 266 g/mol. The lowest BCUT2D eigenvalue weighted by Crippen LogP contribution is -2.32. The number of nitrogens with zero attached hydrogens (tertiary/aromatic N) is 2. The molecule has 1 unspecified atom stereocenters. The van der Waals surface area contributed by atoms with E-state index in [1.54, 1.807) is 6.92 Å². The zero-order valence-electron chi connectivity index (χ0n) is 11.8. The Labute approximate surface area is 113 Å². The van der Waals surface area contributed by atoms with Crippen LogP contribution in [0.5, 0.6) is 0 Å². The summed E-state index contributed by atoms with van der Waals surface area (Å²) in [5, 5.41) is 3.12. The van der Waals surface area contributed by atoms with Crippen molar-refractivity contribution < 1.29 is 9.53 Å². The van der Waals surface area contributed by atoms with E-state index >= 15 is 0 Å². The first-order chi connectivity index (χ1) is 9.02. The van der Waals surface area contributed by atoms with E-state index in [1.807, 2.05) is 19.9 Å². The number of hydrogen-bond acceptors (Lipinski definition) is 6. The standard InChI is InChI=1S/C13H22N4O2/c1-4-19-12(18)11(14)6-5-7-15-13-16-9(2)8-10(3)17-13/h8,11H,4-7,14H2,1-3H3,(H,15,16,17). The molecule has 3 N–H and O–H groups in total. The molecule has 0 saturated carbocycles. The maximum absolute atomic E-state index is 11.3. The van der Waals surface area contributed by atoms with Gasteiger partial charge in [0.1, 0.15) is 6.04 Å². The number of ether oxygens (including phenoxy) is 1. The van der Waals surface area contributed by atoms with Gasteiger partial charge in [-0.05, 0) is 39.7 Å². The van der Waals surface area contributed by atoms with Gasteiger partial charge in [-0.2, -0.15) is 0 Å². The van der Waals surface area contributed by atoms with Gasteiger partial charge in [0.15, 0.2) is 0 Å². The number of nitrogens with one attached hydrogen (secondary N) is 1. The van der Waals surface area contributed by atoms with Crippen molar-refractivity contribution in [2.75, 3.05) is 18.5 Å². The van der Waals surface area contributed by atoms with Crippen molar-refractivity contribution in [3.05, 3.63) is 17.5 Å². The Balaban J connectivity index is 2.29. The van der Waals surface area contributed by atoms with Crippen molar-refractivity contribution in [2.24, 2.45) is 5.73 Å².